The quantitative estimate of drug-likeness (QED) is 0.730. The summed E-state index contributed by atoms with van der Waals surface area (Å²) in [4.78, 5) is 10.8. The van der Waals surface area contributed by atoms with Crippen molar-refractivity contribution in [2.45, 2.75) is 0 Å². The zero-order valence-electron chi connectivity index (χ0n) is 6.20. The Morgan fingerprint density at radius 1 is 1.36 bits per heavy atom. The van der Waals surface area contributed by atoms with Gasteiger partial charge in [0.1, 0.15) is 0 Å². The summed E-state index contributed by atoms with van der Waals surface area (Å²) in [6.07, 6.45) is 0. The van der Waals surface area contributed by atoms with E-state index in [1.807, 2.05) is 30.3 Å². The molecule has 1 rings (SSSR count). The van der Waals surface area contributed by atoms with E-state index < -0.39 is 21.1 Å². The molecule has 0 fully saturated rings. The fourth-order valence-electron chi connectivity index (χ4n) is 0.690. The molecule has 0 saturated carbocycles. The number of rotatable bonds is 2. The van der Waals surface area contributed by atoms with Crippen LogP contribution in [-0.2, 0) is 4.74 Å². The molecular weight excluding hydrogens is 247 g/mol. The van der Waals surface area contributed by atoms with Crippen molar-refractivity contribution >= 4 is 28.7 Å². The van der Waals surface area contributed by atoms with Crippen molar-refractivity contribution in [2.75, 3.05) is 7.11 Å². The summed E-state index contributed by atoms with van der Waals surface area (Å²) in [6, 6.07) is 9.78. The van der Waals surface area contributed by atoms with Crippen LogP contribution in [0.15, 0.2) is 30.3 Å². The summed E-state index contributed by atoms with van der Waals surface area (Å²) in [6.45, 7) is 0. The molecule has 0 bridgehead atoms. The second-order valence-electron chi connectivity index (χ2n) is 1.98. The predicted octanol–water partition coefficient (Wildman–Crippen LogP) is 0.783. The van der Waals surface area contributed by atoms with Crippen molar-refractivity contribution in [3.8, 4) is 0 Å². The Hall–Kier alpha value is -0.511. The number of ether oxygens (including phenoxy) is 1. The van der Waals surface area contributed by atoms with E-state index in [9.17, 15) is 4.79 Å². The van der Waals surface area contributed by atoms with Crippen molar-refractivity contribution < 1.29 is 9.53 Å². The van der Waals surface area contributed by atoms with Crippen LogP contribution in [0.4, 0.5) is 4.79 Å². The summed E-state index contributed by atoms with van der Waals surface area (Å²) in [5, 5.41) is 0. The van der Waals surface area contributed by atoms with Crippen LogP contribution >= 0.6 is 0 Å². The van der Waals surface area contributed by atoms with Crippen molar-refractivity contribution in [2.24, 2.45) is 0 Å². The fourth-order valence-corrected chi connectivity index (χ4v) is 2.68. The van der Waals surface area contributed by atoms with Crippen LogP contribution in [0.25, 0.3) is 0 Å². The molecule has 1 aromatic carbocycles. The van der Waals surface area contributed by atoms with Gasteiger partial charge in [0, 0.05) is 0 Å². The van der Waals surface area contributed by atoms with Crippen LogP contribution in [0, 0.1) is 0 Å². The van der Waals surface area contributed by atoms with E-state index >= 15 is 0 Å². The second-order valence-corrected chi connectivity index (χ2v) is 5.51. The number of carbonyl (C=O) groups excluding carboxylic acids is 1. The zero-order valence-corrected chi connectivity index (χ0v) is 9.06. The third-order valence-corrected chi connectivity index (χ3v) is 4.15. The molecular formula is C8H8O2Sn. The molecule has 2 radical (unpaired) electrons. The first kappa shape index (κ1) is 8.58. The molecule has 0 aliphatic rings. The third-order valence-electron chi connectivity index (χ3n) is 1.21. The summed E-state index contributed by atoms with van der Waals surface area (Å²) >= 11 is -1.12. The first-order valence-electron chi connectivity index (χ1n) is 3.23. The average Bonchev–Trinajstić information content (AvgIpc) is 2.06. The summed E-state index contributed by atoms with van der Waals surface area (Å²) in [5.74, 6) is 0. The van der Waals surface area contributed by atoms with Crippen LogP contribution in [0.2, 0.25) is 0 Å². The van der Waals surface area contributed by atoms with Crippen LogP contribution in [-0.4, -0.2) is 32.2 Å². The molecule has 0 aromatic heterocycles. The fraction of sp³-hybridized carbons (Fsp3) is 0.125. The Morgan fingerprint density at radius 3 is 2.55 bits per heavy atom. The molecule has 0 amide bonds. The van der Waals surface area contributed by atoms with E-state index in [2.05, 4.69) is 4.74 Å². The van der Waals surface area contributed by atoms with Gasteiger partial charge in [-0.3, -0.25) is 0 Å². The monoisotopic (exact) mass is 256 g/mol. The normalized spacial score (nSPS) is 9.18. The summed E-state index contributed by atoms with van der Waals surface area (Å²) < 4.78 is 5.72. The van der Waals surface area contributed by atoms with E-state index in [0.29, 0.717) is 0 Å². The minimum atomic E-state index is -1.12. The van der Waals surface area contributed by atoms with Crippen LogP contribution in [0.1, 0.15) is 0 Å². The molecule has 2 nitrogen and oxygen atoms in total. The molecule has 3 heteroatoms. The van der Waals surface area contributed by atoms with Gasteiger partial charge in [-0.2, -0.15) is 0 Å². The Morgan fingerprint density at radius 2 is 2.00 bits per heavy atom. The first-order valence-corrected chi connectivity index (χ1v) is 6.08. The zero-order chi connectivity index (χ0) is 8.10. The molecule has 0 heterocycles. The van der Waals surface area contributed by atoms with E-state index in [0.717, 1.165) is 3.58 Å². The van der Waals surface area contributed by atoms with Gasteiger partial charge in [-0.1, -0.05) is 0 Å². The van der Waals surface area contributed by atoms with Crippen molar-refractivity contribution in [3.63, 3.8) is 0 Å². The van der Waals surface area contributed by atoms with Crippen LogP contribution in [0.5, 0.6) is 0 Å². The molecule has 11 heavy (non-hydrogen) atoms. The van der Waals surface area contributed by atoms with E-state index in [-0.39, 0.29) is 3.99 Å². The number of hydrogen-bond donors (Lipinski definition) is 0. The Bertz CT molecular complexity index is 233. The Labute approximate surface area is 75.8 Å². The van der Waals surface area contributed by atoms with E-state index in [4.69, 9.17) is 0 Å². The molecule has 0 spiro atoms. The SMILES string of the molecule is CO[C](=O)[Sn][c]1ccccc1. The molecule has 0 aliphatic carbocycles. The Balaban J connectivity index is 2.58. The van der Waals surface area contributed by atoms with Gasteiger partial charge in [0.05, 0.1) is 0 Å². The van der Waals surface area contributed by atoms with Gasteiger partial charge in [-0.25, -0.2) is 0 Å². The molecule has 0 atom stereocenters. The standard InChI is InChI=1S/C6H5.C2H3O2.Sn/c1-2-4-6-5-3-1;1-4-2-3;/h1-5H;1H3;. The minimum absolute atomic E-state index is 0.0280. The van der Waals surface area contributed by atoms with Gasteiger partial charge in [-0.05, 0) is 0 Å². The topological polar surface area (TPSA) is 26.3 Å². The predicted molar refractivity (Wildman–Crippen MR) is 44.2 cm³/mol. The summed E-state index contributed by atoms with van der Waals surface area (Å²) in [5.41, 5.74) is 0. The number of benzene rings is 1. The van der Waals surface area contributed by atoms with Crippen LogP contribution in [0.3, 0.4) is 0 Å². The van der Waals surface area contributed by atoms with Gasteiger partial charge in [0.2, 0.25) is 0 Å². The van der Waals surface area contributed by atoms with Gasteiger partial charge in [0.15, 0.2) is 0 Å². The third kappa shape index (κ3) is 2.92. The first-order chi connectivity index (χ1) is 5.33. The van der Waals surface area contributed by atoms with Crippen LogP contribution < -0.4 is 3.58 Å². The molecule has 0 unspecified atom stereocenters. The molecule has 0 saturated heterocycles. The van der Waals surface area contributed by atoms with Gasteiger partial charge in [-0.15, -0.1) is 0 Å². The van der Waals surface area contributed by atoms with Crippen molar-refractivity contribution in [1.29, 1.82) is 0 Å². The van der Waals surface area contributed by atoms with Gasteiger partial charge < -0.3 is 0 Å². The molecule has 56 valence electrons. The molecule has 0 N–H and O–H groups in total. The number of hydrogen-bond acceptors (Lipinski definition) is 2. The second kappa shape index (κ2) is 4.38. The molecule has 0 aliphatic heterocycles. The van der Waals surface area contributed by atoms with Gasteiger partial charge in [0.25, 0.3) is 0 Å². The maximum atomic E-state index is 10.8. The average molecular weight is 255 g/mol. The van der Waals surface area contributed by atoms with Crippen molar-refractivity contribution in [1.82, 2.24) is 0 Å². The number of carbonyl (C=O) groups is 1. The molecule has 1 aromatic rings. The van der Waals surface area contributed by atoms with E-state index in [1.54, 1.807) is 0 Å². The number of methoxy groups -OCH3 is 1. The maximum absolute atomic E-state index is 10.8. The Kier molecular flexibility index (Phi) is 3.42. The van der Waals surface area contributed by atoms with Gasteiger partial charge >= 0.3 is 75.7 Å². The van der Waals surface area contributed by atoms with Crippen molar-refractivity contribution in [3.05, 3.63) is 30.3 Å². The van der Waals surface area contributed by atoms with E-state index in [1.165, 1.54) is 7.11 Å². The summed E-state index contributed by atoms with van der Waals surface area (Å²) in [7, 11) is 1.44.